The third-order valence-electron chi connectivity index (χ3n) is 3.21. The van der Waals surface area contributed by atoms with E-state index in [1.165, 1.54) is 11.5 Å². The number of rotatable bonds is 4. The van der Waals surface area contributed by atoms with E-state index in [2.05, 4.69) is 9.69 Å². The SMILES string of the molecule is Cc1nscc1C(=O)NC(C(=O)O)C1CCCOC1. The van der Waals surface area contributed by atoms with Gasteiger partial charge in [0.2, 0.25) is 0 Å². The van der Waals surface area contributed by atoms with Crippen LogP contribution in [0.2, 0.25) is 0 Å². The van der Waals surface area contributed by atoms with Gasteiger partial charge in [-0.05, 0) is 31.3 Å². The van der Waals surface area contributed by atoms with Gasteiger partial charge in [-0.2, -0.15) is 4.37 Å². The summed E-state index contributed by atoms with van der Waals surface area (Å²) in [5.41, 5.74) is 1.06. The van der Waals surface area contributed by atoms with Crippen molar-refractivity contribution in [2.75, 3.05) is 13.2 Å². The van der Waals surface area contributed by atoms with Crippen molar-refractivity contribution >= 4 is 23.4 Å². The summed E-state index contributed by atoms with van der Waals surface area (Å²) in [7, 11) is 0. The van der Waals surface area contributed by atoms with Crippen LogP contribution in [0.3, 0.4) is 0 Å². The van der Waals surface area contributed by atoms with Crippen LogP contribution in [0.4, 0.5) is 0 Å². The number of carboxylic acids is 1. The van der Waals surface area contributed by atoms with E-state index in [0.717, 1.165) is 12.8 Å². The van der Waals surface area contributed by atoms with Crippen molar-refractivity contribution in [1.29, 1.82) is 0 Å². The average Bonchev–Trinajstić information content (AvgIpc) is 2.82. The third-order valence-corrected chi connectivity index (χ3v) is 3.93. The van der Waals surface area contributed by atoms with Crippen LogP contribution in [-0.4, -0.2) is 40.6 Å². The Morgan fingerprint density at radius 1 is 1.63 bits per heavy atom. The Kier molecular flexibility index (Phi) is 4.49. The monoisotopic (exact) mass is 284 g/mol. The summed E-state index contributed by atoms with van der Waals surface area (Å²) in [4.78, 5) is 23.3. The zero-order chi connectivity index (χ0) is 13.8. The van der Waals surface area contributed by atoms with Gasteiger partial charge in [0.15, 0.2) is 0 Å². The van der Waals surface area contributed by atoms with Gasteiger partial charge in [0.25, 0.3) is 5.91 Å². The number of nitrogens with zero attached hydrogens (tertiary/aromatic N) is 1. The zero-order valence-corrected chi connectivity index (χ0v) is 11.4. The Labute approximate surface area is 114 Å². The zero-order valence-electron chi connectivity index (χ0n) is 10.6. The van der Waals surface area contributed by atoms with Gasteiger partial charge in [-0.25, -0.2) is 4.79 Å². The minimum Gasteiger partial charge on any atom is -0.480 e. The van der Waals surface area contributed by atoms with Crippen LogP contribution in [0.25, 0.3) is 0 Å². The minimum absolute atomic E-state index is 0.179. The van der Waals surface area contributed by atoms with Crippen molar-refractivity contribution in [2.45, 2.75) is 25.8 Å². The lowest BCUT2D eigenvalue weighted by atomic mass is 9.93. The highest BCUT2D eigenvalue weighted by atomic mass is 32.1. The molecule has 0 bridgehead atoms. The fourth-order valence-electron chi connectivity index (χ4n) is 2.14. The first-order valence-electron chi connectivity index (χ1n) is 6.12. The van der Waals surface area contributed by atoms with E-state index in [9.17, 15) is 14.7 Å². The molecule has 2 N–H and O–H groups in total. The molecule has 0 radical (unpaired) electrons. The Hall–Kier alpha value is -1.47. The number of aromatic nitrogens is 1. The summed E-state index contributed by atoms with van der Waals surface area (Å²) in [5.74, 6) is -1.59. The molecule has 104 valence electrons. The molecule has 0 spiro atoms. The maximum absolute atomic E-state index is 12.0. The van der Waals surface area contributed by atoms with Crippen LogP contribution in [-0.2, 0) is 9.53 Å². The number of aryl methyl sites for hydroxylation is 1. The van der Waals surface area contributed by atoms with Crippen LogP contribution in [0.1, 0.15) is 28.9 Å². The van der Waals surface area contributed by atoms with E-state index in [0.29, 0.717) is 24.5 Å². The molecular formula is C12H16N2O4S. The molecule has 0 saturated carbocycles. The fraction of sp³-hybridized carbons (Fsp3) is 0.583. The quantitative estimate of drug-likeness (QED) is 0.863. The van der Waals surface area contributed by atoms with E-state index >= 15 is 0 Å². The van der Waals surface area contributed by atoms with Gasteiger partial charge in [0.1, 0.15) is 6.04 Å². The van der Waals surface area contributed by atoms with Crippen LogP contribution >= 0.6 is 11.5 Å². The summed E-state index contributed by atoms with van der Waals surface area (Å²) in [6.45, 7) is 2.76. The van der Waals surface area contributed by atoms with E-state index in [1.54, 1.807) is 12.3 Å². The molecule has 7 heteroatoms. The molecule has 1 aliphatic heterocycles. The highest BCUT2D eigenvalue weighted by molar-refractivity contribution is 7.03. The molecule has 1 aromatic heterocycles. The van der Waals surface area contributed by atoms with Crippen molar-refractivity contribution in [3.63, 3.8) is 0 Å². The second-order valence-corrected chi connectivity index (χ2v) is 5.21. The Morgan fingerprint density at radius 2 is 2.42 bits per heavy atom. The molecular weight excluding hydrogens is 268 g/mol. The Bertz CT molecular complexity index is 468. The molecule has 1 aliphatic rings. The van der Waals surface area contributed by atoms with Crippen molar-refractivity contribution in [2.24, 2.45) is 5.92 Å². The summed E-state index contributed by atoms with van der Waals surface area (Å²) in [6, 6.07) is -0.910. The lowest BCUT2D eigenvalue weighted by Gasteiger charge is -2.28. The third kappa shape index (κ3) is 3.30. The Morgan fingerprint density at radius 3 is 2.95 bits per heavy atom. The summed E-state index contributed by atoms with van der Waals surface area (Å²) < 4.78 is 9.30. The van der Waals surface area contributed by atoms with Gasteiger partial charge >= 0.3 is 5.97 Å². The number of hydrogen-bond donors (Lipinski definition) is 2. The molecule has 1 aromatic rings. The van der Waals surface area contributed by atoms with Gasteiger partial charge < -0.3 is 15.2 Å². The first-order valence-corrected chi connectivity index (χ1v) is 6.95. The maximum Gasteiger partial charge on any atom is 0.326 e. The highest BCUT2D eigenvalue weighted by Gasteiger charge is 2.32. The van der Waals surface area contributed by atoms with Gasteiger partial charge in [-0.15, -0.1) is 0 Å². The van der Waals surface area contributed by atoms with Crippen molar-refractivity contribution in [3.8, 4) is 0 Å². The van der Waals surface area contributed by atoms with Gasteiger partial charge in [-0.3, -0.25) is 4.79 Å². The van der Waals surface area contributed by atoms with Crippen LogP contribution in [0.15, 0.2) is 5.38 Å². The van der Waals surface area contributed by atoms with Crippen molar-refractivity contribution < 1.29 is 19.4 Å². The molecule has 0 aromatic carbocycles. The van der Waals surface area contributed by atoms with E-state index in [1.807, 2.05) is 0 Å². The number of amides is 1. The van der Waals surface area contributed by atoms with Crippen molar-refractivity contribution in [1.82, 2.24) is 9.69 Å². The predicted octanol–water partition coefficient (Wildman–Crippen LogP) is 1.06. The van der Waals surface area contributed by atoms with Crippen LogP contribution in [0.5, 0.6) is 0 Å². The maximum atomic E-state index is 12.0. The topological polar surface area (TPSA) is 88.5 Å². The van der Waals surface area contributed by atoms with Crippen LogP contribution < -0.4 is 5.32 Å². The number of ether oxygens (including phenoxy) is 1. The molecule has 0 aliphatic carbocycles. The van der Waals surface area contributed by atoms with Gasteiger partial charge in [-0.1, -0.05) is 0 Å². The summed E-state index contributed by atoms with van der Waals surface area (Å²) in [5, 5.41) is 13.5. The van der Waals surface area contributed by atoms with Gasteiger partial charge in [0, 0.05) is 17.9 Å². The molecule has 6 nitrogen and oxygen atoms in total. The largest absolute Gasteiger partial charge is 0.480 e. The predicted molar refractivity (Wildman–Crippen MR) is 69.3 cm³/mol. The summed E-state index contributed by atoms with van der Waals surface area (Å²) in [6.07, 6.45) is 1.57. The van der Waals surface area contributed by atoms with E-state index in [4.69, 9.17) is 4.74 Å². The number of carboxylic acid groups (broad SMARTS) is 1. The number of carbonyl (C=O) groups excluding carboxylic acids is 1. The Balaban J connectivity index is 2.06. The summed E-state index contributed by atoms with van der Waals surface area (Å²) >= 11 is 1.18. The number of hydrogen-bond acceptors (Lipinski definition) is 5. The molecule has 19 heavy (non-hydrogen) atoms. The van der Waals surface area contributed by atoms with E-state index in [-0.39, 0.29) is 11.8 Å². The molecule has 2 heterocycles. The lowest BCUT2D eigenvalue weighted by Crippen LogP contribution is -2.48. The number of carbonyl (C=O) groups is 2. The fourth-order valence-corrected chi connectivity index (χ4v) is 2.83. The molecule has 1 fully saturated rings. The van der Waals surface area contributed by atoms with Crippen molar-refractivity contribution in [3.05, 3.63) is 16.6 Å². The smallest absolute Gasteiger partial charge is 0.326 e. The molecule has 2 atom stereocenters. The molecule has 1 amide bonds. The second-order valence-electron chi connectivity index (χ2n) is 4.58. The molecule has 2 unspecified atom stereocenters. The molecule has 2 rings (SSSR count). The highest BCUT2D eigenvalue weighted by Crippen LogP contribution is 2.19. The lowest BCUT2D eigenvalue weighted by molar-refractivity contribution is -0.142. The van der Waals surface area contributed by atoms with Crippen LogP contribution in [0, 0.1) is 12.8 Å². The first-order chi connectivity index (χ1) is 9.09. The number of aliphatic carboxylic acids is 1. The first kappa shape index (κ1) is 14.0. The number of nitrogens with one attached hydrogen (secondary N) is 1. The standard InChI is InChI=1S/C12H16N2O4S/c1-7-9(6-19-14-7)11(15)13-10(12(16)17)8-3-2-4-18-5-8/h6,8,10H,2-5H2,1H3,(H,13,15)(H,16,17). The normalized spacial score (nSPS) is 20.8. The average molecular weight is 284 g/mol. The second kappa shape index (κ2) is 6.12. The van der Waals surface area contributed by atoms with Gasteiger partial charge in [0.05, 0.1) is 17.9 Å². The van der Waals surface area contributed by atoms with E-state index < -0.39 is 12.0 Å². The minimum atomic E-state index is -1.02. The molecule has 1 saturated heterocycles.